The molecule has 2 aromatic rings. The fourth-order valence-corrected chi connectivity index (χ4v) is 3.80. The number of rotatable bonds is 5. The highest BCUT2D eigenvalue weighted by Gasteiger charge is 2.18. The van der Waals surface area contributed by atoms with E-state index in [0.29, 0.717) is 6.54 Å². The molecule has 0 amide bonds. The summed E-state index contributed by atoms with van der Waals surface area (Å²) < 4.78 is 1.11. The third-order valence-electron chi connectivity index (χ3n) is 5.05. The number of likely N-dealkylation sites (N-methyl/N-ethyl adjacent to an activating group) is 1. The first kappa shape index (κ1) is 20.6. The molecule has 0 spiro atoms. The summed E-state index contributed by atoms with van der Waals surface area (Å²) in [6.07, 6.45) is 1.88. The van der Waals surface area contributed by atoms with Crippen LogP contribution >= 0.6 is 15.9 Å². The fraction of sp³-hybridized carbons (Fsp3) is 0.429. The fourth-order valence-electron chi connectivity index (χ4n) is 3.39. The van der Waals surface area contributed by atoms with E-state index < -0.39 is 0 Å². The zero-order chi connectivity index (χ0) is 19.9. The number of guanidine groups is 1. The highest BCUT2D eigenvalue weighted by atomic mass is 79.9. The molecule has 0 unspecified atom stereocenters. The minimum Gasteiger partial charge on any atom is -0.354 e. The van der Waals surface area contributed by atoms with E-state index in [4.69, 9.17) is 0 Å². The molecule has 1 aliphatic heterocycles. The minimum atomic E-state index is 0.697. The SMILES string of the molecule is CN=C(NCc1cccnc1N1CCN(C)CC1)N(C)Cc1ccccc1Br. The zero-order valence-electron chi connectivity index (χ0n) is 16.9. The van der Waals surface area contributed by atoms with Crippen LogP contribution in [0.5, 0.6) is 0 Å². The number of hydrogen-bond donors (Lipinski definition) is 1. The van der Waals surface area contributed by atoms with Gasteiger partial charge >= 0.3 is 0 Å². The first-order valence-corrected chi connectivity index (χ1v) is 10.4. The van der Waals surface area contributed by atoms with Crippen molar-refractivity contribution in [3.63, 3.8) is 0 Å². The minimum absolute atomic E-state index is 0.697. The van der Waals surface area contributed by atoms with Crippen LogP contribution in [0.1, 0.15) is 11.1 Å². The molecule has 7 heteroatoms. The lowest BCUT2D eigenvalue weighted by atomic mass is 10.2. The molecule has 0 aliphatic carbocycles. The predicted molar refractivity (Wildman–Crippen MR) is 120 cm³/mol. The summed E-state index contributed by atoms with van der Waals surface area (Å²) in [5, 5.41) is 3.50. The van der Waals surface area contributed by atoms with Crippen molar-refractivity contribution >= 4 is 27.7 Å². The molecule has 1 fully saturated rings. The zero-order valence-corrected chi connectivity index (χ0v) is 18.5. The number of aromatic nitrogens is 1. The van der Waals surface area contributed by atoms with Crippen LogP contribution in [0, 0.1) is 0 Å². The maximum atomic E-state index is 4.66. The number of aliphatic imine (C=N–C) groups is 1. The van der Waals surface area contributed by atoms with Gasteiger partial charge in [-0.2, -0.15) is 0 Å². The summed E-state index contributed by atoms with van der Waals surface area (Å²) in [7, 11) is 6.05. The molecular formula is C21H29BrN6. The number of piperazine rings is 1. The van der Waals surface area contributed by atoms with Gasteiger partial charge in [-0.05, 0) is 24.7 Å². The van der Waals surface area contributed by atoms with E-state index in [1.165, 1.54) is 11.1 Å². The van der Waals surface area contributed by atoms with Crippen LogP contribution in [-0.2, 0) is 13.1 Å². The van der Waals surface area contributed by atoms with Gasteiger partial charge in [-0.15, -0.1) is 0 Å². The van der Waals surface area contributed by atoms with E-state index in [0.717, 1.165) is 49.0 Å². The number of anilines is 1. The summed E-state index contributed by atoms with van der Waals surface area (Å²) in [6.45, 7) is 5.63. The van der Waals surface area contributed by atoms with Gasteiger partial charge in [0.05, 0.1) is 0 Å². The third kappa shape index (κ3) is 5.23. The summed E-state index contributed by atoms with van der Waals surface area (Å²) in [5.41, 5.74) is 2.43. The lowest BCUT2D eigenvalue weighted by Gasteiger charge is -2.34. The second-order valence-electron chi connectivity index (χ2n) is 7.12. The number of nitrogens with zero attached hydrogens (tertiary/aromatic N) is 5. The molecule has 0 saturated carbocycles. The van der Waals surface area contributed by atoms with Crippen molar-refractivity contribution in [2.24, 2.45) is 4.99 Å². The van der Waals surface area contributed by atoms with Crippen molar-refractivity contribution in [2.75, 3.05) is 52.2 Å². The molecule has 2 heterocycles. The van der Waals surface area contributed by atoms with Crippen LogP contribution in [0.15, 0.2) is 52.1 Å². The van der Waals surface area contributed by atoms with Gasteiger partial charge in [0.2, 0.25) is 0 Å². The van der Waals surface area contributed by atoms with E-state index in [1.807, 2.05) is 25.4 Å². The van der Waals surface area contributed by atoms with Crippen molar-refractivity contribution < 1.29 is 0 Å². The van der Waals surface area contributed by atoms with Crippen LogP contribution in [0.4, 0.5) is 5.82 Å². The molecule has 28 heavy (non-hydrogen) atoms. The maximum Gasteiger partial charge on any atom is 0.193 e. The number of nitrogens with one attached hydrogen (secondary N) is 1. The first-order valence-electron chi connectivity index (χ1n) is 9.61. The van der Waals surface area contributed by atoms with E-state index >= 15 is 0 Å². The van der Waals surface area contributed by atoms with Crippen molar-refractivity contribution in [1.82, 2.24) is 20.1 Å². The van der Waals surface area contributed by atoms with Crippen LogP contribution in [0.25, 0.3) is 0 Å². The Labute approximate surface area is 176 Å². The summed E-state index contributed by atoms with van der Waals surface area (Å²) in [6, 6.07) is 12.4. The molecule has 150 valence electrons. The van der Waals surface area contributed by atoms with E-state index in [9.17, 15) is 0 Å². The Hall–Kier alpha value is -2.12. The van der Waals surface area contributed by atoms with Crippen molar-refractivity contribution in [3.8, 4) is 0 Å². The molecule has 1 aromatic heterocycles. The molecule has 1 aromatic carbocycles. The smallest absolute Gasteiger partial charge is 0.193 e. The normalized spacial score (nSPS) is 15.6. The molecule has 0 bridgehead atoms. The Bertz CT molecular complexity index is 801. The number of pyridine rings is 1. The van der Waals surface area contributed by atoms with Crippen LogP contribution < -0.4 is 10.2 Å². The van der Waals surface area contributed by atoms with E-state index in [2.05, 4.69) is 84.3 Å². The molecule has 1 N–H and O–H groups in total. The molecular weight excluding hydrogens is 416 g/mol. The average molecular weight is 445 g/mol. The van der Waals surface area contributed by atoms with Gasteiger partial charge in [0.1, 0.15) is 5.82 Å². The standard InChI is InChI=1S/C21H29BrN6/c1-23-21(27(3)16-18-7-4-5-9-19(18)22)25-15-17-8-6-10-24-20(17)28-13-11-26(2)12-14-28/h4-10H,11-16H2,1-3H3,(H,23,25). The Morgan fingerprint density at radius 1 is 1.14 bits per heavy atom. The lowest BCUT2D eigenvalue weighted by Crippen LogP contribution is -2.45. The van der Waals surface area contributed by atoms with Gasteiger partial charge < -0.3 is 20.0 Å². The largest absolute Gasteiger partial charge is 0.354 e. The van der Waals surface area contributed by atoms with Gasteiger partial charge in [0.25, 0.3) is 0 Å². The monoisotopic (exact) mass is 444 g/mol. The van der Waals surface area contributed by atoms with E-state index in [-0.39, 0.29) is 0 Å². The summed E-state index contributed by atoms with van der Waals surface area (Å²) in [4.78, 5) is 16.0. The Morgan fingerprint density at radius 3 is 2.57 bits per heavy atom. The first-order chi connectivity index (χ1) is 13.6. The van der Waals surface area contributed by atoms with Gasteiger partial charge in [-0.1, -0.05) is 40.2 Å². The molecule has 1 saturated heterocycles. The van der Waals surface area contributed by atoms with Crippen molar-refractivity contribution in [3.05, 3.63) is 58.2 Å². The Kier molecular flexibility index (Phi) is 7.28. The predicted octanol–water partition coefficient (Wildman–Crippen LogP) is 2.80. The highest BCUT2D eigenvalue weighted by molar-refractivity contribution is 9.10. The Balaban J connectivity index is 1.65. The molecule has 1 aliphatic rings. The Morgan fingerprint density at radius 2 is 1.86 bits per heavy atom. The number of benzene rings is 1. The average Bonchev–Trinajstić information content (AvgIpc) is 2.71. The molecule has 3 rings (SSSR count). The quantitative estimate of drug-likeness (QED) is 0.567. The van der Waals surface area contributed by atoms with Gasteiger partial charge in [0, 0.05) is 69.6 Å². The van der Waals surface area contributed by atoms with Gasteiger partial charge in [-0.3, -0.25) is 4.99 Å². The van der Waals surface area contributed by atoms with Crippen LogP contribution in [-0.4, -0.2) is 68.1 Å². The van der Waals surface area contributed by atoms with Gasteiger partial charge in [-0.25, -0.2) is 4.98 Å². The highest BCUT2D eigenvalue weighted by Crippen LogP contribution is 2.19. The second kappa shape index (κ2) is 9.89. The van der Waals surface area contributed by atoms with Gasteiger partial charge in [0.15, 0.2) is 5.96 Å². The van der Waals surface area contributed by atoms with Crippen molar-refractivity contribution in [1.29, 1.82) is 0 Å². The number of hydrogen-bond acceptors (Lipinski definition) is 4. The van der Waals surface area contributed by atoms with Crippen LogP contribution in [0.2, 0.25) is 0 Å². The van der Waals surface area contributed by atoms with Crippen molar-refractivity contribution in [2.45, 2.75) is 13.1 Å². The number of halogens is 1. The summed E-state index contributed by atoms with van der Waals surface area (Å²) in [5.74, 6) is 1.94. The van der Waals surface area contributed by atoms with Crippen LogP contribution in [0.3, 0.4) is 0 Å². The molecule has 6 nitrogen and oxygen atoms in total. The summed E-state index contributed by atoms with van der Waals surface area (Å²) >= 11 is 3.63. The second-order valence-corrected chi connectivity index (χ2v) is 7.98. The molecule has 0 radical (unpaired) electrons. The maximum absolute atomic E-state index is 4.66. The molecule has 0 atom stereocenters. The third-order valence-corrected chi connectivity index (χ3v) is 5.82. The van der Waals surface area contributed by atoms with E-state index in [1.54, 1.807) is 0 Å². The topological polar surface area (TPSA) is 47.0 Å². The lowest BCUT2D eigenvalue weighted by molar-refractivity contribution is 0.311.